The van der Waals surface area contributed by atoms with Crippen LogP contribution in [0, 0.1) is 11.8 Å². The largest absolute Gasteiger partial charge is 0.463 e. The molecular weight excluding hydrogens is 412 g/mol. The van der Waals surface area contributed by atoms with E-state index in [2.05, 4.69) is 0 Å². The lowest BCUT2D eigenvalue weighted by Crippen LogP contribution is -2.60. The maximum absolute atomic E-state index is 11.8. The summed E-state index contributed by atoms with van der Waals surface area (Å²) in [6, 6.07) is 0. The number of hydrogen-bond donors (Lipinski definition) is 4. The third kappa shape index (κ3) is 10.2. The molecule has 0 bridgehead atoms. The first kappa shape index (κ1) is 27.7. The van der Waals surface area contributed by atoms with Gasteiger partial charge >= 0.3 is 11.9 Å². The van der Waals surface area contributed by atoms with Gasteiger partial charge in [0.2, 0.25) is 0 Å². The van der Waals surface area contributed by atoms with E-state index in [1.54, 1.807) is 0 Å². The average Bonchev–Trinajstić information content (AvgIpc) is 2.72. The van der Waals surface area contributed by atoms with Crippen molar-refractivity contribution in [3.63, 3.8) is 0 Å². The fourth-order valence-electron chi connectivity index (χ4n) is 2.81. The van der Waals surface area contributed by atoms with Crippen molar-refractivity contribution in [2.24, 2.45) is 11.8 Å². The number of aliphatic hydroxyl groups is 4. The molecule has 0 radical (unpaired) electrons. The number of hydrogen-bond acceptors (Lipinski definition) is 10. The molecule has 1 aliphatic heterocycles. The van der Waals surface area contributed by atoms with E-state index < -0.39 is 55.4 Å². The van der Waals surface area contributed by atoms with Crippen molar-refractivity contribution in [1.29, 1.82) is 0 Å². The van der Waals surface area contributed by atoms with Crippen molar-refractivity contribution in [2.75, 3.05) is 19.8 Å². The fraction of sp³-hybridized carbons (Fsp3) is 0.905. The normalized spacial score (nSPS) is 27.4. The van der Waals surface area contributed by atoms with Crippen LogP contribution in [0.5, 0.6) is 0 Å². The Kier molecular flexibility index (Phi) is 12.5. The second kappa shape index (κ2) is 14.0. The second-order valence-electron chi connectivity index (χ2n) is 8.69. The monoisotopic (exact) mass is 450 g/mol. The Morgan fingerprint density at radius 2 is 1.42 bits per heavy atom. The summed E-state index contributed by atoms with van der Waals surface area (Å²) < 4.78 is 21.1. The lowest BCUT2D eigenvalue weighted by Gasteiger charge is -2.40. The highest BCUT2D eigenvalue weighted by Crippen LogP contribution is 2.24. The smallest absolute Gasteiger partial charge is 0.305 e. The molecule has 0 saturated carbocycles. The van der Waals surface area contributed by atoms with Gasteiger partial charge in [0.15, 0.2) is 6.29 Å². The van der Waals surface area contributed by atoms with Crippen molar-refractivity contribution in [3.8, 4) is 0 Å². The van der Waals surface area contributed by atoms with Crippen LogP contribution >= 0.6 is 0 Å². The third-order valence-electron chi connectivity index (χ3n) is 4.89. The molecule has 31 heavy (non-hydrogen) atoms. The molecule has 0 spiro atoms. The van der Waals surface area contributed by atoms with Gasteiger partial charge in [0.25, 0.3) is 0 Å². The van der Waals surface area contributed by atoms with E-state index in [9.17, 15) is 30.0 Å². The Hall–Kier alpha value is -1.30. The van der Waals surface area contributed by atoms with Gasteiger partial charge in [-0.05, 0) is 24.7 Å². The summed E-state index contributed by atoms with van der Waals surface area (Å²) >= 11 is 0. The van der Waals surface area contributed by atoms with Crippen LogP contribution < -0.4 is 0 Å². The quantitative estimate of drug-likeness (QED) is 0.285. The van der Waals surface area contributed by atoms with Crippen LogP contribution in [-0.4, -0.2) is 89.0 Å². The molecule has 1 rings (SSSR count). The Bertz CT molecular complexity index is 536. The van der Waals surface area contributed by atoms with E-state index in [0.717, 1.165) is 0 Å². The summed E-state index contributed by atoms with van der Waals surface area (Å²) in [6.45, 7) is 6.76. The van der Waals surface area contributed by atoms with E-state index in [1.165, 1.54) is 0 Å². The van der Waals surface area contributed by atoms with Crippen LogP contribution in [0.4, 0.5) is 0 Å². The number of aliphatic hydroxyl groups excluding tert-OH is 4. The molecule has 1 saturated heterocycles. The van der Waals surface area contributed by atoms with Crippen molar-refractivity contribution in [3.05, 3.63) is 0 Å². The van der Waals surface area contributed by atoms with Crippen molar-refractivity contribution in [1.82, 2.24) is 0 Å². The van der Waals surface area contributed by atoms with Gasteiger partial charge in [0.05, 0.1) is 6.61 Å². The third-order valence-corrected chi connectivity index (χ3v) is 4.89. The van der Waals surface area contributed by atoms with Gasteiger partial charge in [-0.1, -0.05) is 27.7 Å². The van der Waals surface area contributed by atoms with E-state index in [1.807, 2.05) is 27.7 Å². The van der Waals surface area contributed by atoms with E-state index in [4.69, 9.17) is 18.9 Å². The summed E-state index contributed by atoms with van der Waals surface area (Å²) in [5.74, 6) is -0.243. The highest BCUT2D eigenvalue weighted by molar-refractivity contribution is 5.69. The Labute approximate surface area is 183 Å². The van der Waals surface area contributed by atoms with Crippen molar-refractivity contribution >= 4 is 11.9 Å². The first-order valence-electron chi connectivity index (χ1n) is 10.8. The molecule has 0 aromatic carbocycles. The number of esters is 2. The van der Waals surface area contributed by atoms with Gasteiger partial charge in [-0.2, -0.15) is 0 Å². The highest BCUT2D eigenvalue weighted by Gasteiger charge is 2.45. The topological polar surface area (TPSA) is 152 Å². The lowest BCUT2D eigenvalue weighted by atomic mass is 9.99. The summed E-state index contributed by atoms with van der Waals surface area (Å²) in [5, 5.41) is 39.9. The number of ether oxygens (including phenoxy) is 4. The first-order valence-corrected chi connectivity index (χ1v) is 10.8. The maximum atomic E-state index is 11.8. The molecule has 10 nitrogen and oxygen atoms in total. The molecule has 0 aromatic rings. The minimum Gasteiger partial charge on any atom is -0.463 e. The van der Waals surface area contributed by atoms with E-state index >= 15 is 0 Å². The maximum Gasteiger partial charge on any atom is 0.305 e. The Balaban J connectivity index is 2.58. The number of carbonyl (C=O) groups excluding carboxylic acids is 2. The molecule has 0 aromatic heterocycles. The molecule has 1 fully saturated rings. The number of rotatable bonds is 13. The highest BCUT2D eigenvalue weighted by atomic mass is 16.7. The van der Waals surface area contributed by atoms with E-state index in [0.29, 0.717) is 24.7 Å². The van der Waals surface area contributed by atoms with Gasteiger partial charge < -0.3 is 39.4 Å². The molecule has 1 aliphatic rings. The molecule has 182 valence electrons. The van der Waals surface area contributed by atoms with Gasteiger partial charge in [-0.15, -0.1) is 0 Å². The zero-order valence-electron chi connectivity index (χ0n) is 18.8. The van der Waals surface area contributed by atoms with Crippen LogP contribution in [0.25, 0.3) is 0 Å². The minimum absolute atomic E-state index is 0.209. The van der Waals surface area contributed by atoms with Crippen molar-refractivity contribution in [2.45, 2.75) is 90.2 Å². The lowest BCUT2D eigenvalue weighted by molar-refractivity contribution is -0.315. The number of carbonyl (C=O) groups is 2. The first-order chi connectivity index (χ1) is 14.5. The molecule has 0 unspecified atom stereocenters. The predicted molar refractivity (Wildman–Crippen MR) is 109 cm³/mol. The van der Waals surface area contributed by atoms with Gasteiger partial charge in [-0.25, -0.2) is 0 Å². The average molecular weight is 451 g/mol. The fourth-order valence-corrected chi connectivity index (χ4v) is 2.81. The van der Waals surface area contributed by atoms with Crippen LogP contribution in [0.1, 0.15) is 53.4 Å². The molecule has 10 heteroatoms. The van der Waals surface area contributed by atoms with Gasteiger partial charge in [-0.3, -0.25) is 9.59 Å². The summed E-state index contributed by atoms with van der Waals surface area (Å²) in [5.41, 5.74) is 0. The SMILES string of the molecule is CC(C)CCC(=O)OC[C@H](CO)O[C@@H]1O[C@H](COC(=O)CCC(C)C)[C@H](O)[C@H](O)[C@H]1O. The van der Waals surface area contributed by atoms with Crippen LogP contribution in [0.3, 0.4) is 0 Å². The van der Waals surface area contributed by atoms with Gasteiger partial charge in [0.1, 0.15) is 43.7 Å². The second-order valence-corrected chi connectivity index (χ2v) is 8.69. The summed E-state index contributed by atoms with van der Waals surface area (Å²) in [7, 11) is 0. The van der Waals surface area contributed by atoms with Crippen molar-refractivity contribution < 1.29 is 49.0 Å². The summed E-state index contributed by atoms with van der Waals surface area (Å²) in [4.78, 5) is 23.6. The summed E-state index contributed by atoms with van der Waals surface area (Å²) in [6.07, 6.45) is -6.57. The molecule has 4 N–H and O–H groups in total. The standard InChI is InChI=1S/C21H38O10/c1-12(2)5-7-16(23)28-10-14(9-22)30-21-20(27)19(26)18(25)15(31-21)11-29-17(24)8-6-13(3)4/h12-15,18-22,25-27H,5-11H2,1-4H3/t14-,15+,18-,19-,20+,21+/m0/s1. The van der Waals surface area contributed by atoms with Gasteiger partial charge in [0, 0.05) is 12.8 Å². The predicted octanol–water partition coefficient (Wildman–Crippen LogP) is 0.130. The Morgan fingerprint density at radius 1 is 0.871 bits per heavy atom. The van der Waals surface area contributed by atoms with Crippen LogP contribution in [0.15, 0.2) is 0 Å². The zero-order valence-corrected chi connectivity index (χ0v) is 18.8. The van der Waals surface area contributed by atoms with E-state index in [-0.39, 0.29) is 26.1 Å². The molecular formula is C21H38O10. The molecule has 0 aliphatic carbocycles. The molecule has 1 heterocycles. The van der Waals surface area contributed by atoms with Crippen LogP contribution in [-0.2, 0) is 28.5 Å². The van der Waals surface area contributed by atoms with Crippen LogP contribution in [0.2, 0.25) is 0 Å². The minimum atomic E-state index is -1.62. The molecule has 6 atom stereocenters. The Morgan fingerprint density at radius 3 is 1.94 bits per heavy atom. The molecule has 0 amide bonds. The zero-order chi connectivity index (χ0) is 23.6.